The molecule has 2 rings (SSSR count). The van der Waals surface area contributed by atoms with Gasteiger partial charge in [0.15, 0.2) is 0 Å². The molecule has 0 saturated heterocycles. The van der Waals surface area contributed by atoms with Gasteiger partial charge in [-0.2, -0.15) is 0 Å². The summed E-state index contributed by atoms with van der Waals surface area (Å²) in [5, 5.41) is 0.361. The van der Waals surface area contributed by atoms with Gasteiger partial charge >= 0.3 is 0 Å². The van der Waals surface area contributed by atoms with Crippen molar-refractivity contribution in [3.05, 3.63) is 23.2 Å². The lowest BCUT2D eigenvalue weighted by Crippen LogP contribution is -2.26. The zero-order valence-corrected chi connectivity index (χ0v) is 11.1. The Morgan fingerprint density at radius 2 is 2.18 bits per heavy atom. The summed E-state index contributed by atoms with van der Waals surface area (Å²) < 4.78 is 26.4. The average molecular weight is 275 g/mol. The van der Waals surface area contributed by atoms with Crippen molar-refractivity contribution >= 4 is 27.3 Å². The van der Waals surface area contributed by atoms with Crippen LogP contribution >= 0.6 is 11.6 Å². The minimum Gasteiger partial charge on any atom is -0.397 e. The van der Waals surface area contributed by atoms with Crippen LogP contribution in [-0.2, 0) is 10.0 Å². The van der Waals surface area contributed by atoms with Gasteiger partial charge in [0, 0.05) is 6.54 Å². The highest BCUT2D eigenvalue weighted by molar-refractivity contribution is 7.89. The molecule has 3 N–H and O–H groups in total. The predicted octanol–water partition coefficient (Wildman–Crippen LogP) is 1.86. The van der Waals surface area contributed by atoms with E-state index in [1.54, 1.807) is 0 Å². The van der Waals surface area contributed by atoms with Gasteiger partial charge in [-0.15, -0.1) is 0 Å². The zero-order chi connectivity index (χ0) is 12.6. The van der Waals surface area contributed by atoms with E-state index in [1.165, 1.54) is 18.2 Å². The lowest BCUT2D eigenvalue weighted by Gasteiger charge is -2.07. The van der Waals surface area contributed by atoms with Crippen molar-refractivity contribution in [1.29, 1.82) is 0 Å². The van der Waals surface area contributed by atoms with E-state index in [-0.39, 0.29) is 10.6 Å². The highest BCUT2D eigenvalue weighted by Crippen LogP contribution is 2.37. The summed E-state index contributed by atoms with van der Waals surface area (Å²) in [6.07, 6.45) is 1.09. The molecule has 1 aliphatic carbocycles. The number of benzene rings is 1. The Kier molecular flexibility index (Phi) is 3.34. The molecule has 0 aromatic heterocycles. The van der Waals surface area contributed by atoms with Crippen molar-refractivity contribution in [2.24, 2.45) is 11.8 Å². The van der Waals surface area contributed by atoms with Crippen LogP contribution in [0.2, 0.25) is 5.02 Å². The van der Waals surface area contributed by atoms with Gasteiger partial charge in [0.2, 0.25) is 10.0 Å². The minimum absolute atomic E-state index is 0.160. The van der Waals surface area contributed by atoms with Crippen LogP contribution in [0.15, 0.2) is 23.1 Å². The topological polar surface area (TPSA) is 72.2 Å². The molecule has 0 radical (unpaired) electrons. The number of sulfonamides is 1. The number of hydrogen-bond acceptors (Lipinski definition) is 3. The second-order valence-electron chi connectivity index (χ2n) is 4.51. The van der Waals surface area contributed by atoms with Crippen molar-refractivity contribution < 1.29 is 8.42 Å². The first-order valence-electron chi connectivity index (χ1n) is 5.45. The molecular weight excluding hydrogens is 260 g/mol. The van der Waals surface area contributed by atoms with E-state index in [0.717, 1.165) is 6.42 Å². The molecule has 94 valence electrons. The molecule has 1 saturated carbocycles. The summed E-state index contributed by atoms with van der Waals surface area (Å²) in [5.41, 5.74) is 5.86. The Hall–Kier alpha value is -0.780. The van der Waals surface area contributed by atoms with Crippen LogP contribution in [-0.4, -0.2) is 15.0 Å². The highest BCUT2D eigenvalue weighted by Gasteiger charge is 2.33. The number of nitrogens with two attached hydrogens (primary N) is 1. The Morgan fingerprint density at radius 3 is 2.71 bits per heavy atom. The lowest BCUT2D eigenvalue weighted by molar-refractivity contribution is 0.574. The normalized spacial score (nSPS) is 23.6. The summed E-state index contributed by atoms with van der Waals surface area (Å²) in [5.74, 6) is 1.09. The number of anilines is 1. The first-order valence-corrected chi connectivity index (χ1v) is 7.31. The third kappa shape index (κ3) is 2.91. The van der Waals surface area contributed by atoms with Gasteiger partial charge < -0.3 is 5.73 Å². The molecule has 2 atom stereocenters. The van der Waals surface area contributed by atoms with Crippen LogP contribution in [0.4, 0.5) is 5.69 Å². The zero-order valence-electron chi connectivity index (χ0n) is 9.48. The van der Waals surface area contributed by atoms with E-state index in [2.05, 4.69) is 11.6 Å². The quantitative estimate of drug-likeness (QED) is 0.823. The second-order valence-corrected chi connectivity index (χ2v) is 6.68. The standard InChI is InChI=1S/C11H15ClN2O2S/c1-7-4-8(7)6-14-17(15,16)9-2-3-10(12)11(13)5-9/h2-3,5,7-8,14H,4,6,13H2,1H3. The van der Waals surface area contributed by atoms with Crippen molar-refractivity contribution in [3.63, 3.8) is 0 Å². The number of halogens is 1. The summed E-state index contributed by atoms with van der Waals surface area (Å²) in [4.78, 5) is 0.160. The van der Waals surface area contributed by atoms with E-state index >= 15 is 0 Å². The molecule has 1 aromatic rings. The maximum Gasteiger partial charge on any atom is 0.240 e. The SMILES string of the molecule is CC1CC1CNS(=O)(=O)c1ccc(Cl)c(N)c1. The number of nitrogen functional groups attached to an aromatic ring is 1. The fourth-order valence-electron chi connectivity index (χ4n) is 1.67. The van der Waals surface area contributed by atoms with E-state index < -0.39 is 10.0 Å². The Morgan fingerprint density at radius 1 is 1.53 bits per heavy atom. The Labute approximate surface area is 106 Å². The Bertz CT molecular complexity index is 530. The van der Waals surface area contributed by atoms with Gasteiger partial charge in [-0.3, -0.25) is 0 Å². The third-order valence-corrected chi connectivity index (χ3v) is 4.85. The van der Waals surface area contributed by atoms with E-state index in [4.69, 9.17) is 17.3 Å². The molecule has 6 heteroatoms. The maximum atomic E-state index is 11.9. The molecule has 1 aliphatic rings. The summed E-state index contributed by atoms with van der Waals surface area (Å²) in [6.45, 7) is 2.60. The van der Waals surface area contributed by atoms with Gasteiger partial charge in [0.1, 0.15) is 0 Å². The molecule has 2 unspecified atom stereocenters. The van der Waals surface area contributed by atoms with Crippen LogP contribution in [0.3, 0.4) is 0 Å². The molecule has 1 fully saturated rings. The first-order chi connectivity index (χ1) is 7.90. The van der Waals surface area contributed by atoms with Crippen LogP contribution < -0.4 is 10.5 Å². The highest BCUT2D eigenvalue weighted by atomic mass is 35.5. The molecule has 0 aliphatic heterocycles. The molecule has 17 heavy (non-hydrogen) atoms. The fourth-order valence-corrected chi connectivity index (χ4v) is 2.92. The molecule has 0 spiro atoms. The van der Waals surface area contributed by atoms with Gasteiger partial charge in [-0.1, -0.05) is 18.5 Å². The Balaban J connectivity index is 2.10. The summed E-state index contributed by atoms with van der Waals surface area (Å²) in [7, 11) is -3.47. The van der Waals surface area contributed by atoms with E-state index in [0.29, 0.717) is 23.4 Å². The monoisotopic (exact) mass is 274 g/mol. The van der Waals surface area contributed by atoms with Gasteiger partial charge in [0.25, 0.3) is 0 Å². The number of rotatable bonds is 4. The number of hydrogen-bond donors (Lipinski definition) is 2. The third-order valence-electron chi connectivity index (χ3n) is 3.09. The number of nitrogens with one attached hydrogen (secondary N) is 1. The van der Waals surface area contributed by atoms with Gasteiger partial charge in [-0.25, -0.2) is 13.1 Å². The molecule has 0 bridgehead atoms. The van der Waals surface area contributed by atoms with Crippen LogP contribution in [0.25, 0.3) is 0 Å². The fraction of sp³-hybridized carbons (Fsp3) is 0.455. The smallest absolute Gasteiger partial charge is 0.240 e. The molecule has 4 nitrogen and oxygen atoms in total. The molecule has 0 heterocycles. The van der Waals surface area contributed by atoms with Crippen LogP contribution in [0.1, 0.15) is 13.3 Å². The molecule has 0 amide bonds. The van der Waals surface area contributed by atoms with E-state index in [1.807, 2.05) is 0 Å². The van der Waals surface area contributed by atoms with Gasteiger partial charge in [0.05, 0.1) is 15.6 Å². The predicted molar refractivity (Wildman–Crippen MR) is 68.3 cm³/mol. The summed E-state index contributed by atoms with van der Waals surface area (Å²) >= 11 is 5.75. The van der Waals surface area contributed by atoms with Crippen molar-refractivity contribution in [3.8, 4) is 0 Å². The lowest BCUT2D eigenvalue weighted by atomic mass is 10.3. The molecular formula is C11H15ClN2O2S. The maximum absolute atomic E-state index is 11.9. The molecule has 1 aromatic carbocycles. The summed E-state index contributed by atoms with van der Waals surface area (Å²) in [6, 6.07) is 4.32. The minimum atomic E-state index is -3.47. The average Bonchev–Trinajstić information content (AvgIpc) is 2.96. The van der Waals surface area contributed by atoms with Crippen LogP contribution in [0, 0.1) is 11.8 Å². The van der Waals surface area contributed by atoms with Gasteiger partial charge in [-0.05, 0) is 36.5 Å². The second kappa shape index (κ2) is 4.48. The largest absolute Gasteiger partial charge is 0.397 e. The van der Waals surface area contributed by atoms with Crippen molar-refractivity contribution in [2.45, 2.75) is 18.2 Å². The van der Waals surface area contributed by atoms with Crippen molar-refractivity contribution in [1.82, 2.24) is 4.72 Å². The van der Waals surface area contributed by atoms with Crippen LogP contribution in [0.5, 0.6) is 0 Å². The first kappa shape index (κ1) is 12.7. The van der Waals surface area contributed by atoms with E-state index in [9.17, 15) is 8.42 Å². The van der Waals surface area contributed by atoms with Crippen molar-refractivity contribution in [2.75, 3.05) is 12.3 Å².